The number of halogens is 3. The highest BCUT2D eigenvalue weighted by molar-refractivity contribution is 5.83. The molecule has 8 heteroatoms. The number of nitrogens with two attached hydrogens (primary N) is 1. The number of nitrogens with zero attached hydrogens (tertiary/aromatic N) is 1. The Hall–Kier alpha value is -1.02. The van der Waals surface area contributed by atoms with Crippen LogP contribution in [0.1, 0.15) is 19.8 Å². The van der Waals surface area contributed by atoms with Gasteiger partial charge in [-0.05, 0) is 19.8 Å². The molecule has 0 saturated carbocycles. The molecule has 1 heterocycles. The van der Waals surface area contributed by atoms with Crippen LogP contribution in [-0.2, 0) is 4.74 Å². The van der Waals surface area contributed by atoms with Gasteiger partial charge in [-0.2, -0.15) is 13.2 Å². The number of rotatable bonds is 4. The van der Waals surface area contributed by atoms with Crippen LogP contribution < -0.4 is 11.1 Å². The number of amidine groups is 1. The highest BCUT2D eigenvalue weighted by Gasteiger charge is 2.43. The molecule has 18 heavy (non-hydrogen) atoms. The molecule has 1 rings (SSSR count). The van der Waals surface area contributed by atoms with Gasteiger partial charge in [-0.25, -0.2) is 0 Å². The monoisotopic (exact) mass is 269 g/mol. The van der Waals surface area contributed by atoms with Crippen molar-refractivity contribution in [2.75, 3.05) is 19.8 Å². The fraction of sp³-hybridized carbons (Fsp3) is 0.900. The Morgan fingerprint density at radius 1 is 1.61 bits per heavy atom. The highest BCUT2D eigenvalue weighted by atomic mass is 19.4. The normalized spacial score (nSPS) is 28.1. The Morgan fingerprint density at radius 2 is 2.28 bits per heavy atom. The summed E-state index contributed by atoms with van der Waals surface area (Å²) >= 11 is 0. The van der Waals surface area contributed by atoms with Gasteiger partial charge in [0.05, 0.1) is 6.61 Å². The van der Waals surface area contributed by atoms with Crippen LogP contribution in [0.15, 0.2) is 5.16 Å². The molecule has 1 fully saturated rings. The third kappa shape index (κ3) is 4.02. The van der Waals surface area contributed by atoms with Crippen LogP contribution in [0.5, 0.6) is 0 Å². The van der Waals surface area contributed by atoms with Crippen LogP contribution in [0.2, 0.25) is 0 Å². The molecule has 2 atom stereocenters. The van der Waals surface area contributed by atoms with Crippen molar-refractivity contribution in [2.24, 2.45) is 16.8 Å². The zero-order valence-corrected chi connectivity index (χ0v) is 10.1. The van der Waals surface area contributed by atoms with E-state index in [1.54, 1.807) is 6.92 Å². The second-order valence-electron chi connectivity index (χ2n) is 4.72. The van der Waals surface area contributed by atoms with Crippen molar-refractivity contribution < 1.29 is 23.1 Å². The molecule has 1 aliphatic heterocycles. The van der Waals surface area contributed by atoms with Gasteiger partial charge in [-0.3, -0.25) is 0 Å². The highest BCUT2D eigenvalue weighted by Crippen LogP contribution is 2.27. The van der Waals surface area contributed by atoms with Crippen LogP contribution in [0.3, 0.4) is 0 Å². The number of alkyl halides is 3. The average molecular weight is 269 g/mol. The summed E-state index contributed by atoms with van der Waals surface area (Å²) in [4.78, 5) is 0. The van der Waals surface area contributed by atoms with E-state index in [9.17, 15) is 13.2 Å². The van der Waals surface area contributed by atoms with E-state index < -0.39 is 30.0 Å². The Bertz CT molecular complexity index is 301. The summed E-state index contributed by atoms with van der Waals surface area (Å²) < 4.78 is 43.3. The minimum atomic E-state index is -4.55. The number of hydrogen-bond donors (Lipinski definition) is 3. The largest absolute Gasteiger partial charge is 0.409 e. The summed E-state index contributed by atoms with van der Waals surface area (Å²) in [5.74, 6) is -2.84. The van der Waals surface area contributed by atoms with E-state index in [0.717, 1.165) is 12.8 Å². The Kier molecular flexibility index (Phi) is 4.80. The SMILES string of the molecule is CC1(NCC(C(N)=NO)C(F)(F)F)CCCOC1. The molecule has 0 spiro atoms. The summed E-state index contributed by atoms with van der Waals surface area (Å²) in [7, 11) is 0. The summed E-state index contributed by atoms with van der Waals surface area (Å²) in [6.45, 7) is 2.35. The molecule has 4 N–H and O–H groups in total. The summed E-state index contributed by atoms with van der Waals surface area (Å²) in [6, 6.07) is 0. The van der Waals surface area contributed by atoms with Gasteiger partial charge in [0, 0.05) is 18.7 Å². The van der Waals surface area contributed by atoms with Gasteiger partial charge >= 0.3 is 6.18 Å². The fourth-order valence-electron chi connectivity index (χ4n) is 1.88. The van der Waals surface area contributed by atoms with Gasteiger partial charge in [0.25, 0.3) is 0 Å². The standard InChI is InChI=1S/C10H18F3N3O2/c1-9(3-2-4-18-6-9)15-5-7(8(14)16-17)10(11,12)13/h7,15,17H,2-6H2,1H3,(H2,14,16). The van der Waals surface area contributed by atoms with E-state index in [1.807, 2.05) is 0 Å². The smallest absolute Gasteiger partial charge is 0.400 e. The molecule has 5 nitrogen and oxygen atoms in total. The number of hydrogen-bond acceptors (Lipinski definition) is 4. The van der Waals surface area contributed by atoms with Gasteiger partial charge < -0.3 is 21.0 Å². The van der Waals surface area contributed by atoms with E-state index >= 15 is 0 Å². The van der Waals surface area contributed by atoms with Gasteiger partial charge in [0.2, 0.25) is 0 Å². The topological polar surface area (TPSA) is 79.9 Å². The molecule has 0 radical (unpaired) electrons. The molecule has 1 aliphatic rings. The summed E-state index contributed by atoms with van der Waals surface area (Å²) in [5, 5.41) is 13.6. The zero-order chi connectivity index (χ0) is 13.8. The Morgan fingerprint density at radius 3 is 2.72 bits per heavy atom. The van der Waals surface area contributed by atoms with Gasteiger partial charge in [0.1, 0.15) is 5.92 Å². The quantitative estimate of drug-likeness (QED) is 0.309. The van der Waals surface area contributed by atoms with Gasteiger partial charge in [0.15, 0.2) is 5.84 Å². The predicted molar refractivity (Wildman–Crippen MR) is 59.4 cm³/mol. The van der Waals surface area contributed by atoms with Crippen molar-refractivity contribution in [2.45, 2.75) is 31.5 Å². The second kappa shape index (κ2) is 5.75. The van der Waals surface area contributed by atoms with Crippen molar-refractivity contribution >= 4 is 5.84 Å². The fourth-order valence-corrected chi connectivity index (χ4v) is 1.88. The van der Waals surface area contributed by atoms with E-state index in [-0.39, 0.29) is 0 Å². The van der Waals surface area contributed by atoms with Crippen molar-refractivity contribution in [3.8, 4) is 0 Å². The molecule has 2 unspecified atom stereocenters. The van der Waals surface area contributed by atoms with Crippen molar-refractivity contribution in [3.63, 3.8) is 0 Å². The van der Waals surface area contributed by atoms with Crippen LogP contribution >= 0.6 is 0 Å². The first-order valence-corrected chi connectivity index (χ1v) is 5.65. The molecule has 106 valence electrons. The molecule has 0 aromatic carbocycles. The molecule has 0 aliphatic carbocycles. The van der Waals surface area contributed by atoms with Crippen molar-refractivity contribution in [1.82, 2.24) is 5.32 Å². The molecule has 1 saturated heterocycles. The minimum absolute atomic E-state index is 0.355. The maximum Gasteiger partial charge on any atom is 0.400 e. The van der Waals surface area contributed by atoms with E-state index in [4.69, 9.17) is 15.7 Å². The minimum Gasteiger partial charge on any atom is -0.409 e. The second-order valence-corrected chi connectivity index (χ2v) is 4.72. The lowest BCUT2D eigenvalue weighted by Gasteiger charge is -2.35. The molecule has 0 aromatic heterocycles. The third-order valence-corrected chi connectivity index (χ3v) is 3.04. The molecular formula is C10H18F3N3O2. The van der Waals surface area contributed by atoms with E-state index in [1.165, 1.54) is 0 Å². The first-order valence-electron chi connectivity index (χ1n) is 5.65. The number of nitrogens with one attached hydrogen (secondary N) is 1. The van der Waals surface area contributed by atoms with Crippen LogP contribution in [-0.4, -0.2) is 42.5 Å². The first kappa shape index (κ1) is 15.0. The molecule has 0 bridgehead atoms. The van der Waals surface area contributed by atoms with Crippen LogP contribution in [0.4, 0.5) is 13.2 Å². The van der Waals surface area contributed by atoms with Gasteiger partial charge in [-0.15, -0.1) is 0 Å². The molecule has 0 amide bonds. The maximum absolute atomic E-state index is 12.7. The van der Waals surface area contributed by atoms with Crippen molar-refractivity contribution in [1.29, 1.82) is 0 Å². The zero-order valence-electron chi connectivity index (χ0n) is 10.1. The van der Waals surface area contributed by atoms with Crippen LogP contribution in [0.25, 0.3) is 0 Å². The molecular weight excluding hydrogens is 251 g/mol. The lowest BCUT2D eigenvalue weighted by molar-refractivity contribution is -0.156. The third-order valence-electron chi connectivity index (χ3n) is 3.04. The Labute approximate surface area is 103 Å². The van der Waals surface area contributed by atoms with Crippen LogP contribution in [0, 0.1) is 5.92 Å². The number of oxime groups is 1. The van der Waals surface area contributed by atoms with Gasteiger partial charge in [-0.1, -0.05) is 5.16 Å². The lowest BCUT2D eigenvalue weighted by atomic mass is 9.94. The summed E-state index contributed by atoms with van der Waals surface area (Å²) in [5.41, 5.74) is 4.57. The average Bonchev–Trinajstić information content (AvgIpc) is 2.28. The lowest BCUT2D eigenvalue weighted by Crippen LogP contribution is -2.53. The number of ether oxygens (including phenoxy) is 1. The molecule has 0 aromatic rings. The first-order chi connectivity index (χ1) is 8.28. The summed E-state index contributed by atoms with van der Waals surface area (Å²) in [6.07, 6.45) is -3.02. The Balaban J connectivity index is 2.62. The van der Waals surface area contributed by atoms with E-state index in [2.05, 4.69) is 10.5 Å². The maximum atomic E-state index is 12.7. The van der Waals surface area contributed by atoms with Crippen molar-refractivity contribution in [3.05, 3.63) is 0 Å². The van der Waals surface area contributed by atoms with E-state index in [0.29, 0.717) is 13.2 Å². The predicted octanol–water partition coefficient (Wildman–Crippen LogP) is 1.07.